The van der Waals surface area contributed by atoms with Crippen LogP contribution in [0.3, 0.4) is 0 Å². The van der Waals surface area contributed by atoms with E-state index >= 15 is 0 Å². The fraction of sp³-hybridized carbons (Fsp3) is 0. The van der Waals surface area contributed by atoms with Crippen LogP contribution in [-0.2, 0) is 44.3 Å². The minimum atomic E-state index is -1.98. The Balaban J connectivity index is -0.000000271. The molecule has 0 amide bonds. The van der Waals surface area contributed by atoms with Crippen molar-refractivity contribution in [3.8, 4) is 0 Å². The molecule has 0 spiro atoms. The molecular weight excluding hydrogens is 662 g/mol. The summed E-state index contributed by atoms with van der Waals surface area (Å²) < 4.78 is 42.1. The van der Waals surface area contributed by atoms with E-state index in [0.29, 0.717) is 0 Å². The van der Waals surface area contributed by atoms with E-state index in [1.165, 1.54) is 10.5 Å². The molecule has 0 fully saturated rings. The fourth-order valence-corrected chi connectivity index (χ4v) is 9.67. The second-order valence-electron chi connectivity index (χ2n) is 4.47. The molecule has 0 saturated heterocycles. The molecule has 0 N–H and O–H groups in total. The third kappa shape index (κ3) is 13.9. The van der Waals surface area contributed by atoms with Crippen LogP contribution < -0.4 is 10.5 Å². The summed E-state index contributed by atoms with van der Waals surface area (Å²) in [5.41, 5.74) is 0. The number of benzene rings is 3. The van der Waals surface area contributed by atoms with E-state index < -0.39 is 20.2 Å². The molecule has 0 aliphatic rings. The molecule has 0 bridgehead atoms. The maximum atomic E-state index is 7.50. The summed E-state index contributed by atoms with van der Waals surface area (Å²) in [7, 11) is 0. The van der Waals surface area contributed by atoms with E-state index in [1.54, 1.807) is 0 Å². The second-order valence-corrected chi connectivity index (χ2v) is 11.6. The molecule has 0 unspecified atom stereocenters. The van der Waals surface area contributed by atoms with Gasteiger partial charge in [-0.3, -0.25) is 0 Å². The van der Waals surface area contributed by atoms with Gasteiger partial charge in [-0.25, -0.2) is 0 Å². The van der Waals surface area contributed by atoms with Crippen LogP contribution in [0.1, 0.15) is 0 Å². The average Bonchev–Trinajstić information content (AvgIpc) is 2.88. The third-order valence-corrected chi connectivity index (χ3v) is 11.0. The van der Waals surface area contributed by atoms with Gasteiger partial charge in [0.15, 0.2) is 0 Å². The molecule has 7 heteroatoms. The molecule has 3 rings (SSSR count). The topological polar surface area (TPSA) is 99.5 Å². The number of hydrogen-bond acceptors (Lipinski definition) is 0. The first-order valence-corrected chi connectivity index (χ1v) is 11.8. The molecule has 0 aliphatic heterocycles. The van der Waals surface area contributed by atoms with Gasteiger partial charge in [0, 0.05) is 21.1 Å². The Bertz CT molecular complexity index is 716. The molecular formula is C23H16O5SbW. The fourth-order valence-electron chi connectivity index (χ4n) is 2.31. The van der Waals surface area contributed by atoms with Crippen LogP contribution in [0, 0.1) is 33.3 Å². The quantitative estimate of drug-likeness (QED) is 0.230. The van der Waals surface area contributed by atoms with Gasteiger partial charge in [0.05, 0.1) is 0 Å². The van der Waals surface area contributed by atoms with E-state index in [9.17, 15) is 0 Å². The van der Waals surface area contributed by atoms with Crippen LogP contribution in [0.5, 0.6) is 0 Å². The second kappa shape index (κ2) is 29.1. The minimum absolute atomic E-state index is 0. The van der Waals surface area contributed by atoms with Crippen LogP contribution in [0.4, 0.5) is 0 Å². The van der Waals surface area contributed by atoms with Crippen molar-refractivity contribution in [3.63, 3.8) is 0 Å². The molecule has 0 aromatic heterocycles. The van der Waals surface area contributed by atoms with E-state index in [0.717, 1.165) is 0 Å². The zero-order valence-electron chi connectivity index (χ0n) is 15.6. The van der Waals surface area contributed by atoms with Crippen molar-refractivity contribution in [3.05, 3.63) is 124 Å². The van der Waals surface area contributed by atoms with Gasteiger partial charge in [-0.05, 0) is 0 Å². The molecule has 1 radical (unpaired) electrons. The van der Waals surface area contributed by atoms with Crippen LogP contribution >= 0.6 is 0 Å². The molecule has 30 heavy (non-hydrogen) atoms. The normalized spacial score (nSPS) is 7.03. The first-order valence-electron chi connectivity index (χ1n) is 7.50. The first-order chi connectivity index (χ1) is 14.4. The standard InChI is InChI=1S/3C6H5.5CO.Sb.W.H/c3*1-2-4-6-5-3-1;5*1-2;;;/h3*1-5H;;;;;;;;. The molecule has 0 atom stereocenters. The summed E-state index contributed by atoms with van der Waals surface area (Å²) in [6, 6.07) is 32.9. The molecule has 3 aromatic rings. The predicted octanol–water partition coefficient (Wildman–Crippen LogP) is 1.75. The SMILES string of the molecule is [C-]#[O+].[C-]#[O+].[C-]#[O+].[C-]#[O+].[C-]#[O+].[W].c1cc[c]([SbH]([c]2ccccc2)[c]2ccccc2)cc1. The van der Waals surface area contributed by atoms with E-state index in [-0.39, 0.29) is 21.1 Å². The molecule has 3 aromatic carbocycles. The van der Waals surface area contributed by atoms with Crippen LogP contribution in [0.2, 0.25) is 0 Å². The van der Waals surface area contributed by atoms with Gasteiger partial charge in [-0.1, -0.05) is 0 Å². The Hall–Kier alpha value is -2.13. The summed E-state index contributed by atoms with van der Waals surface area (Å²) in [6.07, 6.45) is 0. The Morgan fingerprint density at radius 2 is 0.533 bits per heavy atom. The van der Waals surface area contributed by atoms with Gasteiger partial charge in [0.2, 0.25) is 0 Å². The summed E-state index contributed by atoms with van der Waals surface area (Å²) in [6.45, 7) is 22.5. The Kier molecular flexibility index (Phi) is 34.2. The van der Waals surface area contributed by atoms with Crippen molar-refractivity contribution >= 4 is 30.7 Å². The Labute approximate surface area is 198 Å². The first kappa shape index (κ1) is 35.3. The zero-order chi connectivity index (χ0) is 22.9. The van der Waals surface area contributed by atoms with Crippen molar-refractivity contribution in [1.29, 1.82) is 0 Å². The number of rotatable bonds is 3. The van der Waals surface area contributed by atoms with E-state index in [1.807, 2.05) is 0 Å². The predicted molar refractivity (Wildman–Crippen MR) is 105 cm³/mol. The van der Waals surface area contributed by atoms with Crippen LogP contribution in [-0.4, -0.2) is 20.2 Å². The number of hydrogen-bond donors (Lipinski definition) is 0. The van der Waals surface area contributed by atoms with E-state index in [2.05, 4.69) is 124 Å². The van der Waals surface area contributed by atoms with Crippen molar-refractivity contribution in [2.24, 2.45) is 0 Å². The van der Waals surface area contributed by atoms with Gasteiger partial charge < -0.3 is 0 Å². The van der Waals surface area contributed by atoms with Gasteiger partial charge in [-0.15, -0.1) is 0 Å². The van der Waals surface area contributed by atoms with Crippen LogP contribution in [0.15, 0.2) is 91.0 Å². The Morgan fingerprint density at radius 3 is 0.700 bits per heavy atom. The van der Waals surface area contributed by atoms with Crippen molar-refractivity contribution in [2.75, 3.05) is 0 Å². The monoisotopic (exact) mass is 677 g/mol. The van der Waals surface area contributed by atoms with Gasteiger partial charge >= 0.3 is 178 Å². The van der Waals surface area contributed by atoms with Crippen molar-refractivity contribution in [1.82, 2.24) is 0 Å². The molecule has 0 saturated carbocycles. The average molecular weight is 678 g/mol. The van der Waals surface area contributed by atoms with Gasteiger partial charge in [-0.2, -0.15) is 0 Å². The van der Waals surface area contributed by atoms with Crippen molar-refractivity contribution < 1.29 is 44.3 Å². The zero-order valence-corrected chi connectivity index (χ0v) is 21.4. The maximum absolute atomic E-state index is 7.50. The summed E-state index contributed by atoms with van der Waals surface area (Å²) in [5.74, 6) is 0. The van der Waals surface area contributed by atoms with Crippen LogP contribution in [0.25, 0.3) is 0 Å². The summed E-state index contributed by atoms with van der Waals surface area (Å²) in [5, 5.41) is 0. The van der Waals surface area contributed by atoms with Crippen molar-refractivity contribution in [2.45, 2.75) is 0 Å². The molecule has 0 aliphatic carbocycles. The molecule has 5 nitrogen and oxygen atoms in total. The third-order valence-electron chi connectivity index (χ3n) is 3.19. The molecule has 0 heterocycles. The molecule has 149 valence electrons. The van der Waals surface area contributed by atoms with E-state index in [4.69, 9.17) is 23.3 Å². The van der Waals surface area contributed by atoms with Gasteiger partial charge in [0.1, 0.15) is 0 Å². The Morgan fingerprint density at radius 1 is 0.367 bits per heavy atom. The summed E-state index contributed by atoms with van der Waals surface area (Å²) in [4.78, 5) is 0. The van der Waals surface area contributed by atoms with Gasteiger partial charge in [0.25, 0.3) is 0 Å². The summed E-state index contributed by atoms with van der Waals surface area (Å²) >= 11 is -1.98.